The van der Waals surface area contributed by atoms with Crippen molar-refractivity contribution in [3.63, 3.8) is 0 Å². The highest BCUT2D eigenvalue weighted by Gasteiger charge is 2.36. The van der Waals surface area contributed by atoms with Crippen molar-refractivity contribution in [2.45, 2.75) is 25.4 Å². The smallest absolute Gasteiger partial charge is 0.250 e. The Bertz CT molecular complexity index is 1210. The molecule has 3 aromatic rings. The number of piperidine rings is 1. The maximum absolute atomic E-state index is 14.6. The number of nitriles is 1. The molecule has 3 heterocycles. The number of nitrogens with zero attached hydrogens (tertiary/aromatic N) is 3. The van der Waals surface area contributed by atoms with Gasteiger partial charge in [0.25, 0.3) is 5.56 Å². The number of fused-ring (bicyclic) bond motifs is 4. The topological polar surface area (TPSA) is 49.0 Å². The molecule has 0 radical (unpaired) electrons. The molecule has 1 aromatic heterocycles. The number of aromatic nitrogens is 1. The van der Waals surface area contributed by atoms with Crippen LogP contribution in [0.1, 0.15) is 29.2 Å². The summed E-state index contributed by atoms with van der Waals surface area (Å²) >= 11 is 0. The molecule has 150 valence electrons. The Hall–Kier alpha value is -3.23. The Morgan fingerprint density at radius 2 is 1.87 bits per heavy atom. The van der Waals surface area contributed by atoms with Gasteiger partial charge in [-0.05, 0) is 42.2 Å². The van der Waals surface area contributed by atoms with Crippen LogP contribution >= 0.6 is 0 Å². The molecule has 2 aliphatic rings. The van der Waals surface area contributed by atoms with Crippen LogP contribution in [0.5, 0.6) is 0 Å². The van der Waals surface area contributed by atoms with Crippen molar-refractivity contribution < 1.29 is 4.39 Å². The van der Waals surface area contributed by atoms with Crippen molar-refractivity contribution in [1.82, 2.24) is 9.47 Å². The predicted octanol–water partition coefficient (Wildman–Crippen LogP) is 4.15. The number of benzene rings is 2. The third kappa shape index (κ3) is 3.34. The molecule has 5 rings (SSSR count). The SMILES string of the molecule is N#Cc1cccc(CN2C[C@@H]3C[C@@H](C2)c2c(-c4ccccc4F)ccc(=O)n2C3)c1. The summed E-state index contributed by atoms with van der Waals surface area (Å²) in [6.45, 7) is 3.18. The van der Waals surface area contributed by atoms with Crippen LogP contribution in [-0.2, 0) is 13.1 Å². The summed E-state index contributed by atoms with van der Waals surface area (Å²) in [5.74, 6) is 0.311. The van der Waals surface area contributed by atoms with Gasteiger partial charge in [0.05, 0.1) is 11.6 Å². The van der Waals surface area contributed by atoms with E-state index in [0.29, 0.717) is 23.6 Å². The minimum absolute atomic E-state index is 0.00467. The molecule has 2 aliphatic heterocycles. The Morgan fingerprint density at radius 3 is 2.70 bits per heavy atom. The van der Waals surface area contributed by atoms with Crippen LogP contribution in [0.25, 0.3) is 11.1 Å². The molecule has 0 spiro atoms. The van der Waals surface area contributed by atoms with E-state index < -0.39 is 0 Å². The molecule has 2 aromatic carbocycles. The van der Waals surface area contributed by atoms with Crippen LogP contribution < -0.4 is 5.56 Å². The Balaban J connectivity index is 1.51. The van der Waals surface area contributed by atoms with E-state index in [-0.39, 0.29) is 17.3 Å². The molecular weight excluding hydrogens is 377 g/mol. The third-order valence-corrected chi connectivity index (χ3v) is 6.29. The number of pyridine rings is 1. The van der Waals surface area contributed by atoms with Gasteiger partial charge in [0.15, 0.2) is 0 Å². The lowest BCUT2D eigenvalue weighted by Crippen LogP contribution is -2.47. The minimum Gasteiger partial charge on any atom is -0.311 e. The summed E-state index contributed by atoms with van der Waals surface area (Å²) in [6, 6.07) is 20.1. The minimum atomic E-state index is -0.262. The molecule has 1 saturated heterocycles. The standard InChI is InChI=1S/C25H22FN3O/c26-23-7-2-1-6-21(23)22-8-9-24(30)29-15-19-11-20(25(22)29)16-28(14-19)13-18-5-3-4-17(10-18)12-27/h1-10,19-20H,11,13-16H2/t19-,20-/m0/s1. The Kier molecular flexibility index (Phi) is 4.72. The fourth-order valence-corrected chi connectivity index (χ4v) is 5.15. The first-order valence-electron chi connectivity index (χ1n) is 10.3. The molecule has 0 unspecified atom stereocenters. The van der Waals surface area contributed by atoms with Crippen molar-refractivity contribution in [1.29, 1.82) is 5.26 Å². The molecule has 1 fully saturated rings. The first-order chi connectivity index (χ1) is 14.6. The van der Waals surface area contributed by atoms with Gasteiger partial charge in [0.1, 0.15) is 5.82 Å². The number of hydrogen-bond donors (Lipinski definition) is 0. The van der Waals surface area contributed by atoms with Gasteiger partial charge in [0, 0.05) is 55.0 Å². The highest BCUT2D eigenvalue weighted by molar-refractivity contribution is 5.67. The molecule has 2 atom stereocenters. The lowest BCUT2D eigenvalue weighted by atomic mass is 9.80. The van der Waals surface area contributed by atoms with Gasteiger partial charge in [-0.3, -0.25) is 9.69 Å². The lowest BCUT2D eigenvalue weighted by Gasteiger charge is -2.43. The van der Waals surface area contributed by atoms with Gasteiger partial charge in [-0.15, -0.1) is 0 Å². The van der Waals surface area contributed by atoms with E-state index in [4.69, 9.17) is 5.26 Å². The van der Waals surface area contributed by atoms with Crippen LogP contribution in [0.3, 0.4) is 0 Å². The third-order valence-electron chi connectivity index (χ3n) is 6.29. The zero-order valence-electron chi connectivity index (χ0n) is 16.6. The average molecular weight is 399 g/mol. The summed E-state index contributed by atoms with van der Waals surface area (Å²) in [6.07, 6.45) is 1.01. The molecule has 30 heavy (non-hydrogen) atoms. The maximum atomic E-state index is 14.6. The van der Waals surface area contributed by atoms with Crippen LogP contribution in [0.4, 0.5) is 4.39 Å². The van der Waals surface area contributed by atoms with E-state index in [9.17, 15) is 9.18 Å². The van der Waals surface area contributed by atoms with Crippen LogP contribution in [0, 0.1) is 23.1 Å². The second kappa shape index (κ2) is 7.55. The number of rotatable bonds is 3. The molecule has 0 amide bonds. The van der Waals surface area contributed by atoms with Gasteiger partial charge in [-0.2, -0.15) is 5.26 Å². The van der Waals surface area contributed by atoms with Gasteiger partial charge in [-0.25, -0.2) is 4.39 Å². The summed E-state index contributed by atoms with van der Waals surface area (Å²) in [5, 5.41) is 9.17. The average Bonchev–Trinajstić information content (AvgIpc) is 2.75. The largest absolute Gasteiger partial charge is 0.311 e. The second-order valence-corrected chi connectivity index (χ2v) is 8.37. The summed E-state index contributed by atoms with van der Waals surface area (Å²) in [5.41, 5.74) is 4.12. The summed E-state index contributed by atoms with van der Waals surface area (Å²) < 4.78 is 16.4. The van der Waals surface area contributed by atoms with Gasteiger partial charge in [0.2, 0.25) is 0 Å². The Morgan fingerprint density at radius 1 is 1.00 bits per heavy atom. The predicted molar refractivity (Wildman–Crippen MR) is 113 cm³/mol. The van der Waals surface area contributed by atoms with Crippen molar-refractivity contribution in [2.24, 2.45) is 5.92 Å². The molecular formula is C25H22FN3O. The van der Waals surface area contributed by atoms with E-state index in [1.807, 2.05) is 28.8 Å². The highest BCUT2D eigenvalue weighted by atomic mass is 19.1. The van der Waals surface area contributed by atoms with Gasteiger partial charge >= 0.3 is 0 Å². The number of hydrogen-bond acceptors (Lipinski definition) is 3. The van der Waals surface area contributed by atoms with Crippen LogP contribution in [0.2, 0.25) is 0 Å². The Labute approximate surface area is 174 Å². The molecule has 0 saturated carbocycles. The van der Waals surface area contributed by atoms with E-state index in [1.54, 1.807) is 24.3 Å². The fourth-order valence-electron chi connectivity index (χ4n) is 5.15. The number of likely N-dealkylation sites (tertiary alicyclic amines) is 1. The zero-order chi connectivity index (χ0) is 20.7. The zero-order valence-corrected chi connectivity index (χ0v) is 16.6. The van der Waals surface area contributed by atoms with Crippen LogP contribution in [0.15, 0.2) is 65.5 Å². The van der Waals surface area contributed by atoms with E-state index in [0.717, 1.165) is 42.9 Å². The summed E-state index contributed by atoms with van der Waals surface area (Å²) in [4.78, 5) is 15.0. The fraction of sp³-hybridized carbons (Fsp3) is 0.280. The molecule has 5 heteroatoms. The van der Waals surface area contributed by atoms with Crippen molar-refractivity contribution in [3.8, 4) is 17.2 Å². The second-order valence-electron chi connectivity index (χ2n) is 8.37. The molecule has 0 N–H and O–H groups in total. The van der Waals surface area contributed by atoms with Gasteiger partial charge < -0.3 is 4.57 Å². The molecule has 2 bridgehead atoms. The van der Waals surface area contributed by atoms with E-state index in [2.05, 4.69) is 17.0 Å². The highest BCUT2D eigenvalue weighted by Crippen LogP contribution is 2.40. The van der Waals surface area contributed by atoms with Crippen molar-refractivity contribution in [3.05, 3.63) is 93.7 Å². The monoisotopic (exact) mass is 399 g/mol. The lowest BCUT2D eigenvalue weighted by molar-refractivity contribution is 0.115. The van der Waals surface area contributed by atoms with E-state index in [1.165, 1.54) is 6.07 Å². The van der Waals surface area contributed by atoms with E-state index >= 15 is 0 Å². The number of halogens is 1. The molecule has 4 nitrogen and oxygen atoms in total. The summed E-state index contributed by atoms with van der Waals surface area (Å²) in [7, 11) is 0. The van der Waals surface area contributed by atoms with Gasteiger partial charge in [-0.1, -0.05) is 30.3 Å². The molecule has 0 aliphatic carbocycles. The first kappa shape index (κ1) is 18.8. The van der Waals surface area contributed by atoms with Crippen LogP contribution in [-0.4, -0.2) is 22.6 Å². The maximum Gasteiger partial charge on any atom is 0.250 e. The normalized spacial score (nSPS) is 20.4. The van der Waals surface area contributed by atoms with Crippen molar-refractivity contribution in [2.75, 3.05) is 13.1 Å². The quantitative estimate of drug-likeness (QED) is 0.665. The first-order valence-corrected chi connectivity index (χ1v) is 10.3. The van der Waals surface area contributed by atoms with Crippen molar-refractivity contribution >= 4 is 0 Å².